The number of hydrogen-bond acceptors (Lipinski definition) is 2. The third kappa shape index (κ3) is 4.22. The average molecular weight is 305 g/mol. The van der Waals surface area contributed by atoms with E-state index >= 15 is 0 Å². The summed E-state index contributed by atoms with van der Waals surface area (Å²) in [6.45, 7) is 4.30. The molecule has 1 heterocycles. The van der Waals surface area contributed by atoms with Crippen LogP contribution in [0.25, 0.3) is 0 Å². The van der Waals surface area contributed by atoms with Crippen LogP contribution in [0.3, 0.4) is 0 Å². The molecule has 116 valence electrons. The Labute approximate surface area is 132 Å². The second kappa shape index (κ2) is 6.82. The maximum absolute atomic E-state index is 4.37. The largest absolute Gasteiger partial charge is 0.356 e. The fourth-order valence-electron chi connectivity index (χ4n) is 3.13. The molecule has 1 atom stereocenters. The molecule has 1 unspecified atom stereocenters. The molecule has 3 rings (SSSR count). The van der Waals surface area contributed by atoms with Crippen LogP contribution < -0.4 is 10.6 Å². The quantitative estimate of drug-likeness (QED) is 0.598. The minimum Gasteiger partial charge on any atom is -0.356 e. The van der Waals surface area contributed by atoms with Crippen LogP contribution in [0, 0.1) is 17.8 Å². The smallest absolute Gasteiger partial charge is 0.191 e. The van der Waals surface area contributed by atoms with Crippen LogP contribution in [0.1, 0.15) is 44.1 Å². The molecule has 1 aromatic heterocycles. The Morgan fingerprint density at radius 1 is 1.24 bits per heavy atom. The summed E-state index contributed by atoms with van der Waals surface area (Å²) in [6, 6.07) is 2.21. The average Bonchev–Trinajstić information content (AvgIpc) is 3.43. The topological polar surface area (TPSA) is 36.4 Å². The first kappa shape index (κ1) is 14.9. The molecule has 21 heavy (non-hydrogen) atoms. The fourth-order valence-corrected chi connectivity index (χ4v) is 3.91. The van der Waals surface area contributed by atoms with Gasteiger partial charge in [0.05, 0.1) is 0 Å². The molecule has 0 saturated heterocycles. The molecule has 0 aliphatic heterocycles. The number of thiophene rings is 1. The number of nitrogens with one attached hydrogen (secondary N) is 2. The summed E-state index contributed by atoms with van der Waals surface area (Å²) in [7, 11) is 1.87. The molecule has 3 nitrogen and oxygen atoms in total. The van der Waals surface area contributed by atoms with Gasteiger partial charge in [-0.3, -0.25) is 4.99 Å². The summed E-state index contributed by atoms with van der Waals surface area (Å²) in [4.78, 5) is 4.37. The first-order chi connectivity index (χ1) is 10.3. The maximum atomic E-state index is 4.37. The van der Waals surface area contributed by atoms with Gasteiger partial charge in [-0.25, -0.2) is 0 Å². The zero-order chi connectivity index (χ0) is 14.7. The van der Waals surface area contributed by atoms with Crippen molar-refractivity contribution in [1.29, 1.82) is 0 Å². The van der Waals surface area contributed by atoms with Gasteiger partial charge in [0.25, 0.3) is 0 Å². The van der Waals surface area contributed by atoms with Gasteiger partial charge in [0.1, 0.15) is 0 Å². The number of guanidine groups is 1. The van der Waals surface area contributed by atoms with E-state index in [0.29, 0.717) is 5.92 Å². The molecular formula is C17H27N3S. The number of hydrogen-bond donors (Lipinski definition) is 2. The van der Waals surface area contributed by atoms with Crippen molar-refractivity contribution in [3.8, 4) is 0 Å². The van der Waals surface area contributed by atoms with Gasteiger partial charge in [-0.05, 0) is 71.7 Å². The van der Waals surface area contributed by atoms with Gasteiger partial charge >= 0.3 is 0 Å². The number of aliphatic imine (C=N–C) groups is 1. The van der Waals surface area contributed by atoms with Crippen molar-refractivity contribution in [2.45, 2.75) is 38.5 Å². The molecule has 2 N–H and O–H groups in total. The zero-order valence-corrected chi connectivity index (χ0v) is 14.0. The van der Waals surface area contributed by atoms with Crippen molar-refractivity contribution in [2.24, 2.45) is 22.7 Å². The van der Waals surface area contributed by atoms with Crippen molar-refractivity contribution in [3.63, 3.8) is 0 Å². The summed E-state index contributed by atoms with van der Waals surface area (Å²) in [5.74, 6) is 4.36. The van der Waals surface area contributed by atoms with Crippen molar-refractivity contribution in [2.75, 3.05) is 20.1 Å². The maximum Gasteiger partial charge on any atom is 0.191 e. The van der Waals surface area contributed by atoms with E-state index in [2.05, 4.69) is 39.4 Å². The van der Waals surface area contributed by atoms with Crippen LogP contribution in [0.15, 0.2) is 21.8 Å². The number of nitrogens with zero attached hydrogens (tertiary/aromatic N) is 1. The van der Waals surface area contributed by atoms with Gasteiger partial charge in [-0.1, -0.05) is 6.92 Å². The molecule has 0 radical (unpaired) electrons. The van der Waals surface area contributed by atoms with E-state index in [9.17, 15) is 0 Å². The molecule has 0 amide bonds. The first-order valence-corrected chi connectivity index (χ1v) is 9.19. The first-order valence-electron chi connectivity index (χ1n) is 8.24. The van der Waals surface area contributed by atoms with Gasteiger partial charge in [0.15, 0.2) is 5.96 Å². The SMILES string of the molecule is CN=C(NCC(C)c1ccsc1)NCC(C1CC1)C1CC1. The Kier molecular flexibility index (Phi) is 4.84. The molecule has 0 aromatic carbocycles. The van der Waals surface area contributed by atoms with Crippen LogP contribution in [0.5, 0.6) is 0 Å². The Morgan fingerprint density at radius 3 is 2.43 bits per heavy atom. The highest BCUT2D eigenvalue weighted by Gasteiger charge is 2.41. The van der Waals surface area contributed by atoms with E-state index in [1.54, 1.807) is 11.3 Å². The highest BCUT2D eigenvalue weighted by atomic mass is 32.1. The van der Waals surface area contributed by atoms with Gasteiger partial charge in [-0.15, -0.1) is 0 Å². The van der Waals surface area contributed by atoms with Crippen LogP contribution in [0.4, 0.5) is 0 Å². The molecule has 2 aliphatic carbocycles. The Hall–Kier alpha value is -1.03. The molecule has 2 fully saturated rings. The second-order valence-electron chi connectivity index (χ2n) is 6.63. The van der Waals surface area contributed by atoms with E-state index in [0.717, 1.165) is 36.8 Å². The summed E-state index contributed by atoms with van der Waals surface area (Å²) < 4.78 is 0. The van der Waals surface area contributed by atoms with Crippen molar-refractivity contribution in [1.82, 2.24) is 10.6 Å². The standard InChI is InChI=1S/C17H27N3S/c1-12(15-7-8-21-11-15)9-19-17(18-2)20-10-16(13-3-4-13)14-5-6-14/h7-8,11-14,16H,3-6,9-10H2,1-2H3,(H2,18,19,20). The molecule has 1 aromatic rings. The van der Waals surface area contributed by atoms with E-state index in [4.69, 9.17) is 0 Å². The predicted octanol–water partition coefficient (Wildman–Crippen LogP) is 3.45. The zero-order valence-electron chi connectivity index (χ0n) is 13.1. The van der Waals surface area contributed by atoms with Crippen LogP contribution in [0.2, 0.25) is 0 Å². The summed E-state index contributed by atoms with van der Waals surface area (Å²) >= 11 is 1.77. The van der Waals surface area contributed by atoms with Crippen molar-refractivity contribution < 1.29 is 0 Å². The van der Waals surface area contributed by atoms with E-state index < -0.39 is 0 Å². The molecule has 2 saturated carbocycles. The molecule has 2 aliphatic rings. The lowest BCUT2D eigenvalue weighted by Crippen LogP contribution is -2.41. The van der Waals surface area contributed by atoms with E-state index in [1.807, 2.05) is 7.05 Å². The lowest BCUT2D eigenvalue weighted by molar-refractivity contribution is 0.400. The highest BCUT2D eigenvalue weighted by Crippen LogP contribution is 2.48. The van der Waals surface area contributed by atoms with Crippen molar-refractivity contribution >= 4 is 17.3 Å². The highest BCUT2D eigenvalue weighted by molar-refractivity contribution is 7.07. The Bertz CT molecular complexity index is 448. The van der Waals surface area contributed by atoms with Gasteiger partial charge in [0, 0.05) is 20.1 Å². The lowest BCUT2D eigenvalue weighted by atomic mass is 9.98. The molecular weight excluding hydrogens is 278 g/mol. The summed E-state index contributed by atoms with van der Waals surface area (Å²) in [6.07, 6.45) is 5.79. The van der Waals surface area contributed by atoms with Crippen LogP contribution in [-0.2, 0) is 0 Å². The molecule has 0 spiro atoms. The van der Waals surface area contributed by atoms with Gasteiger partial charge in [0.2, 0.25) is 0 Å². The predicted molar refractivity (Wildman–Crippen MR) is 91.0 cm³/mol. The normalized spacial score (nSPS) is 20.6. The summed E-state index contributed by atoms with van der Waals surface area (Å²) in [5.41, 5.74) is 1.41. The van der Waals surface area contributed by atoms with E-state index in [1.165, 1.54) is 31.2 Å². The Morgan fingerprint density at radius 2 is 1.90 bits per heavy atom. The van der Waals surface area contributed by atoms with Gasteiger partial charge < -0.3 is 10.6 Å². The lowest BCUT2D eigenvalue weighted by Gasteiger charge is -2.20. The third-order valence-electron chi connectivity index (χ3n) is 4.87. The summed E-state index contributed by atoms with van der Waals surface area (Å²) in [5, 5.41) is 11.4. The third-order valence-corrected chi connectivity index (χ3v) is 5.57. The van der Waals surface area contributed by atoms with E-state index in [-0.39, 0.29) is 0 Å². The van der Waals surface area contributed by atoms with Gasteiger partial charge in [-0.2, -0.15) is 11.3 Å². The minimum absolute atomic E-state index is 0.525. The van der Waals surface area contributed by atoms with Crippen LogP contribution in [-0.4, -0.2) is 26.1 Å². The fraction of sp³-hybridized carbons (Fsp3) is 0.706. The monoisotopic (exact) mass is 305 g/mol. The minimum atomic E-state index is 0.525. The van der Waals surface area contributed by atoms with Crippen LogP contribution >= 0.6 is 11.3 Å². The van der Waals surface area contributed by atoms with Crippen molar-refractivity contribution in [3.05, 3.63) is 22.4 Å². The molecule has 4 heteroatoms. The molecule has 0 bridgehead atoms. The number of rotatable bonds is 7. The Balaban J connectivity index is 1.42. The second-order valence-corrected chi connectivity index (χ2v) is 7.41.